The number of rotatable bonds is 43. The molecule has 2 amide bonds. The number of carbonyl (C=O) groups is 3. The summed E-state index contributed by atoms with van der Waals surface area (Å²) >= 11 is 0. The number of aryl methyl sites for hydroxylation is 1. The van der Waals surface area contributed by atoms with Gasteiger partial charge in [-0.25, -0.2) is 9.18 Å². The number of pyridine rings is 4. The number of Topliss-reactive ketones (excluding diaryl/α,β-unsaturated/α-hetero) is 1. The zero-order valence-electron chi connectivity index (χ0n) is 71.7. The number of alkyl carbamates (subject to hydrolysis) is 1. The summed E-state index contributed by atoms with van der Waals surface area (Å²) in [6.07, 6.45) is 27.1. The van der Waals surface area contributed by atoms with Gasteiger partial charge in [0.2, 0.25) is 18.0 Å². The Morgan fingerprint density at radius 1 is 0.600 bits per heavy atom. The van der Waals surface area contributed by atoms with Gasteiger partial charge in [0.25, 0.3) is 0 Å². The van der Waals surface area contributed by atoms with Crippen LogP contribution >= 0.6 is 0 Å². The summed E-state index contributed by atoms with van der Waals surface area (Å²) in [6, 6.07) is 51.6. The first-order valence-corrected chi connectivity index (χ1v) is 42.8. The molecule has 24 heteroatoms. The third kappa shape index (κ3) is 28.5. The van der Waals surface area contributed by atoms with Gasteiger partial charge in [0.15, 0.2) is 11.5 Å². The summed E-state index contributed by atoms with van der Waals surface area (Å²) in [5, 5.41) is 5.75. The summed E-state index contributed by atoms with van der Waals surface area (Å²) in [5.74, 6) is 2.22. The van der Waals surface area contributed by atoms with Gasteiger partial charge in [0, 0.05) is 138 Å². The zero-order chi connectivity index (χ0) is 83.8. The maximum absolute atomic E-state index is 14.4. The van der Waals surface area contributed by atoms with Crippen LogP contribution in [0.2, 0.25) is 0 Å². The molecule has 0 spiro atoms. The minimum absolute atomic E-state index is 0. The van der Waals surface area contributed by atoms with Crippen LogP contribution in [0.3, 0.4) is 0 Å². The average Bonchev–Trinajstić information content (AvgIpc) is 1.59. The maximum atomic E-state index is 14.4. The van der Waals surface area contributed by atoms with Crippen molar-refractivity contribution in [3.63, 3.8) is 0 Å². The summed E-state index contributed by atoms with van der Waals surface area (Å²) in [6.45, 7) is 21.2. The molecule has 2 aliphatic heterocycles. The van der Waals surface area contributed by atoms with Crippen LogP contribution in [0.25, 0.3) is 5.57 Å². The number of hydrogen-bond acceptors (Lipinski definition) is 17. The van der Waals surface area contributed by atoms with Gasteiger partial charge in [-0.1, -0.05) is 107 Å². The first-order valence-electron chi connectivity index (χ1n) is 41.8. The number of amides is 2. The first-order chi connectivity index (χ1) is 57.1. The molecule has 4 aromatic heterocycles. The Kier molecular flexibility index (Phi) is 39.0. The summed E-state index contributed by atoms with van der Waals surface area (Å²) in [4.78, 5) is 66.8. The number of methoxy groups -OCH3 is 2. The summed E-state index contributed by atoms with van der Waals surface area (Å²) < 4.78 is 64.3. The van der Waals surface area contributed by atoms with Crippen LogP contribution in [0, 0.1) is 0 Å². The Hall–Kier alpha value is -9.56. The van der Waals surface area contributed by atoms with Crippen molar-refractivity contribution in [1.29, 1.82) is 0 Å². The van der Waals surface area contributed by atoms with Gasteiger partial charge in [-0.05, 0) is 233 Å². The van der Waals surface area contributed by atoms with Gasteiger partial charge in [-0.3, -0.25) is 39.3 Å². The van der Waals surface area contributed by atoms with Gasteiger partial charge >= 0.3 is 55.7 Å². The van der Waals surface area contributed by atoms with Crippen LogP contribution < -0.4 is 29.7 Å². The van der Waals surface area contributed by atoms with Crippen LogP contribution in [0.15, 0.2) is 218 Å². The van der Waals surface area contributed by atoms with Gasteiger partial charge in [-0.2, -0.15) is 4.58 Å². The molecule has 2 atom stereocenters. The first kappa shape index (κ1) is 95.9. The third-order valence-corrected chi connectivity index (χ3v) is 22.0. The van der Waals surface area contributed by atoms with Crippen molar-refractivity contribution in [2.45, 2.75) is 220 Å². The van der Waals surface area contributed by atoms with Crippen molar-refractivity contribution < 1.29 is 93.9 Å². The number of carbonyl (C=O) groups excluding carboxylic acids is 3. The topological polar surface area (TPSA) is 228 Å². The van der Waals surface area contributed by atoms with Gasteiger partial charge in [0.05, 0.1) is 55.1 Å². The van der Waals surface area contributed by atoms with Crippen LogP contribution in [-0.2, 0) is 120 Å². The Morgan fingerprint density at radius 2 is 1.18 bits per heavy atom. The number of aromatic nitrogens is 4. The molecule has 11 rings (SSSR count). The number of halogens is 1. The number of nitrogens with zero attached hydrogens (tertiary/aromatic N) is 8. The summed E-state index contributed by atoms with van der Waals surface area (Å²) in [5.41, 5.74) is 19.0. The minimum atomic E-state index is -3.11. The smallest absolute Gasteiger partial charge is 0.497 e. The fraction of sp³-hybridized carbons (Fsp3) is 0.417. The minimum Gasteiger partial charge on any atom is -0.497 e. The number of anilines is 1. The van der Waals surface area contributed by atoms with Gasteiger partial charge in [0.1, 0.15) is 23.8 Å². The Bertz CT molecular complexity index is 4710. The van der Waals surface area contributed by atoms with E-state index in [1.807, 2.05) is 73.3 Å². The number of hydrogen-bond donors (Lipinski definition) is 2. The molecule has 0 saturated carbocycles. The number of allylic oxidation sites excluding steroid dienone is 8. The van der Waals surface area contributed by atoms with Crippen molar-refractivity contribution >= 4 is 51.1 Å². The second-order valence-corrected chi connectivity index (χ2v) is 32.1. The standard InChI is InChI=1S/C96H117FN10O7.O3S.2Zn/c1-10-12-26-57-107-88-47-45-82(112-9)63-85(88)96(6,7)91(107)49-43-75-30-28-29-74(42-48-90-95(4,5)84-62-81(111-8)44-46-87(84)106(90)56-13-11-2)93(75)76-40-37-71(38-41-76)39-50-92(109)103-86(35-20-25-55-102-94(110)114-70(3)97)89(108)36-15-14-27-58-113-83-60-72(64-104(66-77-31-16-21-51-98-77)67-78-32-17-22-52-99-78)59-73(61-83)65-105(68-79-33-18-23-53-100-79)69-80-34-19-24-54-101-80;1-4(2)3;;/h16-19,21-24,31-34,37-38,40-49,51-54,59-63,70,86H,10-15,20,25-30,35-36,39,50,55-58,64-69H2,1-9H3,(H-,102,103,109,110);;;/q;;2*+2/p+1/t70?,86-;;;/m0.../s1/i97-1;;;. The number of fused-ring (bicyclic) bond motifs is 2. The van der Waals surface area contributed by atoms with E-state index in [4.69, 9.17) is 46.8 Å². The van der Waals surface area contributed by atoms with Crippen molar-refractivity contribution in [1.82, 2.24) is 40.4 Å². The van der Waals surface area contributed by atoms with E-state index >= 15 is 0 Å². The Morgan fingerprint density at radius 3 is 1.73 bits per heavy atom. The van der Waals surface area contributed by atoms with Crippen molar-refractivity contribution in [2.24, 2.45) is 0 Å². The molecule has 3 aliphatic rings. The number of unbranched alkanes of at least 4 members (excludes halogenated alkanes) is 6. The average molecular weight is 1750 g/mol. The molecule has 624 valence electrons. The van der Waals surface area contributed by atoms with Gasteiger partial charge < -0.3 is 34.5 Å². The third-order valence-electron chi connectivity index (χ3n) is 22.0. The second-order valence-electron chi connectivity index (χ2n) is 31.7. The van der Waals surface area contributed by atoms with Crippen LogP contribution in [-0.4, -0.2) is 123 Å². The van der Waals surface area contributed by atoms with Crippen LogP contribution in [0.4, 0.5) is 20.6 Å². The van der Waals surface area contributed by atoms with Crippen molar-refractivity contribution in [2.75, 3.05) is 45.4 Å². The van der Waals surface area contributed by atoms with Crippen molar-refractivity contribution in [3.8, 4) is 17.2 Å². The molecule has 1 unspecified atom stereocenters. The van der Waals surface area contributed by atoms with Gasteiger partial charge in [-0.15, -0.1) is 12.6 Å². The van der Waals surface area contributed by atoms with E-state index in [1.54, 1.807) is 14.2 Å². The molecule has 6 heterocycles. The van der Waals surface area contributed by atoms with Crippen molar-refractivity contribution in [3.05, 3.63) is 274 Å². The Labute approximate surface area is 736 Å². The second kappa shape index (κ2) is 48.8. The number of benzene rings is 4. The molecular weight excluding hydrogens is 1630 g/mol. The summed E-state index contributed by atoms with van der Waals surface area (Å²) in [7, 11) is 0.368. The van der Waals surface area contributed by atoms with E-state index in [2.05, 4.69) is 204 Å². The van der Waals surface area contributed by atoms with E-state index in [1.165, 1.54) is 50.6 Å². The number of alkyl halides is 1. The van der Waals surface area contributed by atoms with E-state index in [0.717, 1.165) is 140 Å². The molecule has 0 bridgehead atoms. The molecule has 20 nitrogen and oxygen atoms in total. The molecule has 0 fully saturated rings. The Balaban J connectivity index is 0.00000292. The van der Waals surface area contributed by atoms with E-state index < -0.39 is 29.1 Å². The largest absolute Gasteiger partial charge is 2.00 e. The van der Waals surface area contributed by atoms with E-state index in [-0.39, 0.29) is 80.9 Å². The molecule has 0 saturated heterocycles. The maximum Gasteiger partial charge on any atom is 2.00 e. The zero-order valence-corrected chi connectivity index (χ0v) is 78.4. The molecule has 1 aliphatic carbocycles. The molecule has 120 heavy (non-hydrogen) atoms. The fourth-order valence-electron chi connectivity index (χ4n) is 16.1. The molecular formula is C96H118FN10O10SZn2+5. The van der Waals surface area contributed by atoms with E-state index in [9.17, 15) is 18.8 Å². The molecule has 2 N–H and O–H groups in total. The molecule has 4 aromatic carbocycles. The van der Waals surface area contributed by atoms with Crippen LogP contribution in [0.5, 0.6) is 17.2 Å². The quantitative estimate of drug-likeness (QED) is 0.0206. The normalized spacial score (nSPS) is 15.0. The predicted octanol–water partition coefficient (Wildman–Crippen LogP) is 18.7. The fourth-order valence-corrected chi connectivity index (χ4v) is 16.1. The number of ketones is 1. The number of ether oxygens (including phenoxy) is 4. The molecule has 8 aromatic rings. The predicted molar refractivity (Wildman–Crippen MR) is 463 cm³/mol. The molecule has 0 radical (unpaired) electrons. The number of nitrogens with one attached hydrogen (secondary N) is 2. The van der Waals surface area contributed by atoms with Crippen LogP contribution in [0.1, 0.15) is 207 Å². The SMILES string of the molecule is CCCCC[N+]1=C(/C=C/C2=C(c3ccc(CCC(=O)N[C@@H](CCCCNC(=O)OC(C)[18F])C(=O)CCCCCOc4cc(CN(Cc5ccccn5)Cc5ccccn5)cc(CN(Cc5ccccn5)Cc5ccccn5)c4)cc3)C(=C/C=C3/N(CCCC)c4ccc(OC)cc4C3(C)C)/CCC2)C(C)(C)c2cc(OC)ccc21.O=S(=O)=O.[Zn+2].[Zn+2]. The van der Waals surface area contributed by atoms with E-state index in [0.29, 0.717) is 84.4 Å². The monoisotopic (exact) mass is 1750 g/mol.